The first-order chi connectivity index (χ1) is 16.6. The predicted molar refractivity (Wildman–Crippen MR) is 139 cm³/mol. The van der Waals surface area contributed by atoms with Crippen molar-refractivity contribution in [2.45, 2.75) is 44.7 Å². The van der Waals surface area contributed by atoms with Crippen molar-refractivity contribution in [3.63, 3.8) is 0 Å². The van der Waals surface area contributed by atoms with E-state index < -0.39 is 0 Å². The molecule has 1 saturated carbocycles. The van der Waals surface area contributed by atoms with Crippen molar-refractivity contribution in [1.82, 2.24) is 15.3 Å². The maximum Gasteiger partial charge on any atom is 0.208 e. The molecule has 1 aliphatic heterocycles. The van der Waals surface area contributed by atoms with E-state index in [2.05, 4.69) is 61.4 Å². The summed E-state index contributed by atoms with van der Waals surface area (Å²) in [6, 6.07) is 11.1. The van der Waals surface area contributed by atoms with E-state index in [-0.39, 0.29) is 11.8 Å². The number of anilines is 1. The summed E-state index contributed by atoms with van der Waals surface area (Å²) in [6.45, 7) is 3.22. The van der Waals surface area contributed by atoms with Crippen molar-refractivity contribution < 1.29 is 8.98 Å². The van der Waals surface area contributed by atoms with Gasteiger partial charge in [-0.3, -0.25) is 9.93 Å². The lowest BCUT2D eigenvalue weighted by molar-refractivity contribution is 0.104. The minimum Gasteiger partial charge on any atom is -0.367 e. The van der Waals surface area contributed by atoms with Crippen molar-refractivity contribution in [2.24, 2.45) is 11.1 Å². The van der Waals surface area contributed by atoms with E-state index >= 15 is 0 Å². The van der Waals surface area contributed by atoms with Crippen LogP contribution in [0.25, 0.3) is 0 Å². The molecular formula is C25H31N5O2S2. The van der Waals surface area contributed by atoms with Gasteiger partial charge < -0.3 is 14.8 Å². The van der Waals surface area contributed by atoms with E-state index in [4.69, 9.17) is 5.14 Å². The van der Waals surface area contributed by atoms with E-state index in [0.717, 1.165) is 48.5 Å². The molecule has 1 fully saturated rings. The summed E-state index contributed by atoms with van der Waals surface area (Å²) in [4.78, 5) is 22.6. The summed E-state index contributed by atoms with van der Waals surface area (Å²) in [5.41, 5.74) is 4.39. The average Bonchev–Trinajstić information content (AvgIpc) is 3.53. The topological polar surface area (TPSA) is 102 Å². The zero-order chi connectivity index (χ0) is 23.9. The standard InChI is InChI=1S/C24H26N4OS.CH5NOS/c1-15-6-7-18(10-15)28-24-20(12-25-14-27-24)23(29)21-11-17(13-30-21)22-19-5-3-2-4-16(19)8-9-26-22;1-3-4-2/h2-5,11-15,18,22,26H,6-10H2,1H3,(H,25,27,28);2H2,1H3. The van der Waals surface area contributed by atoms with Crippen LogP contribution in [0.1, 0.15) is 64.2 Å². The second kappa shape index (κ2) is 11.9. The van der Waals surface area contributed by atoms with Crippen LogP contribution in [0.15, 0.2) is 48.2 Å². The number of thiophene rings is 1. The zero-order valence-corrected chi connectivity index (χ0v) is 21.1. The summed E-state index contributed by atoms with van der Waals surface area (Å²) in [5, 5.41) is 13.9. The van der Waals surface area contributed by atoms with Gasteiger partial charge in [-0.25, -0.2) is 9.97 Å². The first kappa shape index (κ1) is 24.8. The fraction of sp³-hybridized carbons (Fsp3) is 0.400. The molecule has 3 aromatic rings. The molecule has 180 valence electrons. The Balaban J connectivity index is 0.000000636. The number of aromatic nitrogens is 2. The minimum absolute atomic E-state index is 0.00973. The molecule has 2 aromatic heterocycles. The lowest BCUT2D eigenvalue weighted by atomic mass is 9.91. The predicted octanol–water partition coefficient (Wildman–Crippen LogP) is 4.76. The Morgan fingerprint density at radius 2 is 2.15 bits per heavy atom. The molecule has 1 aromatic carbocycles. The van der Waals surface area contributed by atoms with E-state index in [1.165, 1.54) is 42.3 Å². The first-order valence-corrected chi connectivity index (χ1v) is 13.2. The molecule has 2 aliphatic rings. The van der Waals surface area contributed by atoms with Crippen molar-refractivity contribution >= 4 is 35.2 Å². The summed E-state index contributed by atoms with van der Waals surface area (Å²) >= 11 is 2.36. The van der Waals surface area contributed by atoms with Crippen LogP contribution in [0.2, 0.25) is 0 Å². The Labute approximate surface area is 209 Å². The molecule has 3 unspecified atom stereocenters. The first-order valence-electron chi connectivity index (χ1n) is 11.5. The van der Waals surface area contributed by atoms with Gasteiger partial charge in [0.2, 0.25) is 5.78 Å². The smallest absolute Gasteiger partial charge is 0.208 e. The summed E-state index contributed by atoms with van der Waals surface area (Å²) in [5.74, 6) is 1.36. The Morgan fingerprint density at radius 3 is 2.91 bits per heavy atom. The normalized spacial score (nSPS) is 21.3. The molecule has 34 heavy (non-hydrogen) atoms. The van der Waals surface area contributed by atoms with Crippen LogP contribution in [0.4, 0.5) is 5.82 Å². The van der Waals surface area contributed by atoms with Gasteiger partial charge in [0.25, 0.3) is 0 Å². The van der Waals surface area contributed by atoms with Gasteiger partial charge in [-0.15, -0.1) is 11.3 Å². The molecule has 3 atom stereocenters. The number of ketones is 1. The van der Waals surface area contributed by atoms with Gasteiger partial charge in [0.1, 0.15) is 12.1 Å². The number of carbonyl (C=O) groups is 1. The summed E-state index contributed by atoms with van der Waals surface area (Å²) in [7, 11) is 1.52. The Kier molecular flexibility index (Phi) is 8.69. The Hall–Kier alpha value is -2.30. The number of hydrogen-bond acceptors (Lipinski definition) is 9. The SMILES string of the molecule is CC1CCC(Nc2ncncc2C(=O)c2cc(C3NCCc4ccccc43)cs2)C1.COSN. The molecule has 0 saturated heterocycles. The molecule has 5 rings (SSSR count). The maximum absolute atomic E-state index is 13.3. The van der Waals surface area contributed by atoms with E-state index in [1.807, 2.05) is 6.07 Å². The van der Waals surface area contributed by atoms with Crippen molar-refractivity contribution in [3.8, 4) is 0 Å². The molecule has 9 heteroatoms. The quantitative estimate of drug-likeness (QED) is 0.255. The third kappa shape index (κ3) is 5.84. The average molecular weight is 498 g/mol. The molecule has 0 radical (unpaired) electrons. The van der Waals surface area contributed by atoms with Gasteiger partial charge in [0, 0.05) is 18.8 Å². The maximum atomic E-state index is 13.3. The number of hydrogen-bond donors (Lipinski definition) is 3. The number of rotatable bonds is 6. The van der Waals surface area contributed by atoms with Gasteiger partial charge in [-0.05, 0) is 59.7 Å². The highest BCUT2D eigenvalue weighted by molar-refractivity contribution is 7.92. The molecule has 0 bridgehead atoms. The van der Waals surface area contributed by atoms with Gasteiger partial charge in [-0.2, -0.15) is 0 Å². The molecular weight excluding hydrogens is 466 g/mol. The monoisotopic (exact) mass is 497 g/mol. The fourth-order valence-corrected chi connectivity index (χ4v) is 5.59. The molecule has 0 spiro atoms. The van der Waals surface area contributed by atoms with Gasteiger partial charge in [0.15, 0.2) is 0 Å². The van der Waals surface area contributed by atoms with Gasteiger partial charge in [0.05, 0.1) is 35.8 Å². The van der Waals surface area contributed by atoms with Crippen LogP contribution in [-0.2, 0) is 10.6 Å². The second-order valence-electron chi connectivity index (χ2n) is 8.72. The molecule has 0 amide bonds. The Bertz CT molecular complexity index is 1100. The molecule has 1 aliphatic carbocycles. The molecule has 7 nitrogen and oxygen atoms in total. The third-order valence-corrected chi connectivity index (χ3v) is 7.51. The molecule has 3 heterocycles. The summed E-state index contributed by atoms with van der Waals surface area (Å²) in [6.07, 6.45) is 7.65. The zero-order valence-electron chi connectivity index (χ0n) is 19.5. The van der Waals surface area contributed by atoms with E-state index in [0.29, 0.717) is 23.3 Å². The number of nitrogens with zero attached hydrogens (tertiary/aromatic N) is 2. The highest BCUT2D eigenvalue weighted by Crippen LogP contribution is 2.33. The lowest BCUT2D eigenvalue weighted by Gasteiger charge is -2.26. The number of nitrogens with one attached hydrogen (secondary N) is 2. The fourth-order valence-electron chi connectivity index (χ4n) is 4.70. The van der Waals surface area contributed by atoms with Crippen LogP contribution < -0.4 is 15.8 Å². The number of carbonyl (C=O) groups excluding carboxylic acids is 1. The van der Waals surface area contributed by atoms with E-state index in [9.17, 15) is 4.79 Å². The van der Waals surface area contributed by atoms with Crippen LogP contribution in [0.3, 0.4) is 0 Å². The van der Waals surface area contributed by atoms with Crippen LogP contribution in [0.5, 0.6) is 0 Å². The van der Waals surface area contributed by atoms with Crippen LogP contribution >= 0.6 is 23.6 Å². The number of nitrogens with two attached hydrogens (primary N) is 1. The Morgan fingerprint density at radius 1 is 1.32 bits per heavy atom. The largest absolute Gasteiger partial charge is 0.367 e. The van der Waals surface area contributed by atoms with Crippen molar-refractivity contribution in [3.05, 3.63) is 75.4 Å². The second-order valence-corrected chi connectivity index (χ2v) is 10.2. The highest BCUT2D eigenvalue weighted by Gasteiger charge is 2.26. The van der Waals surface area contributed by atoms with Crippen molar-refractivity contribution in [2.75, 3.05) is 19.0 Å². The number of benzene rings is 1. The van der Waals surface area contributed by atoms with E-state index in [1.54, 1.807) is 6.20 Å². The van der Waals surface area contributed by atoms with Crippen LogP contribution in [0, 0.1) is 5.92 Å². The molecule has 4 N–H and O–H groups in total. The van der Waals surface area contributed by atoms with Crippen molar-refractivity contribution in [1.29, 1.82) is 0 Å². The number of fused-ring (bicyclic) bond motifs is 1. The van der Waals surface area contributed by atoms with Crippen LogP contribution in [-0.4, -0.2) is 35.4 Å². The minimum atomic E-state index is -0.00973. The summed E-state index contributed by atoms with van der Waals surface area (Å²) < 4.78 is 4.24. The van der Waals surface area contributed by atoms with Gasteiger partial charge in [-0.1, -0.05) is 31.2 Å². The van der Waals surface area contributed by atoms with Gasteiger partial charge >= 0.3 is 0 Å². The highest BCUT2D eigenvalue weighted by atomic mass is 32.2. The lowest BCUT2D eigenvalue weighted by Crippen LogP contribution is -2.30. The third-order valence-electron chi connectivity index (χ3n) is 6.37.